The van der Waals surface area contributed by atoms with Crippen LogP contribution in [0, 0.1) is 5.92 Å². The minimum atomic E-state index is -0.782. The molecule has 1 fully saturated rings. The molecule has 0 saturated carbocycles. The van der Waals surface area contributed by atoms with Gasteiger partial charge in [-0.1, -0.05) is 35.9 Å². The highest BCUT2D eigenvalue weighted by molar-refractivity contribution is 6.30. The van der Waals surface area contributed by atoms with Crippen molar-refractivity contribution in [3.8, 4) is 5.75 Å². The fourth-order valence-electron chi connectivity index (χ4n) is 6.32. The number of hydrogen-bond acceptors (Lipinski definition) is 5. The predicted molar refractivity (Wildman–Crippen MR) is 149 cm³/mol. The first-order valence-electron chi connectivity index (χ1n) is 13.5. The minimum absolute atomic E-state index is 0.0454. The first kappa shape index (κ1) is 25.4. The summed E-state index contributed by atoms with van der Waals surface area (Å²) in [5, 5.41) is 9.93. The monoisotopic (exact) mass is 532 g/mol. The molecule has 0 radical (unpaired) electrons. The number of aryl methyl sites for hydroxylation is 1. The van der Waals surface area contributed by atoms with Crippen LogP contribution in [-0.4, -0.2) is 54.5 Å². The van der Waals surface area contributed by atoms with Crippen LogP contribution in [0.3, 0.4) is 0 Å². The van der Waals surface area contributed by atoms with Gasteiger partial charge in [-0.25, -0.2) is 0 Å². The van der Waals surface area contributed by atoms with Crippen LogP contribution in [-0.2, 0) is 28.2 Å². The predicted octanol–water partition coefficient (Wildman–Crippen LogP) is 5.67. The second kappa shape index (κ2) is 10.7. The summed E-state index contributed by atoms with van der Waals surface area (Å²) in [5.74, 6) is 0.219. The van der Waals surface area contributed by atoms with Gasteiger partial charge in [0.15, 0.2) is 0 Å². The number of fused-ring (bicyclic) bond motifs is 4. The molecule has 6 nitrogen and oxygen atoms in total. The molecule has 4 heterocycles. The maximum absolute atomic E-state index is 11.1. The van der Waals surface area contributed by atoms with Gasteiger partial charge in [0.1, 0.15) is 12.4 Å². The Labute approximate surface area is 228 Å². The molecule has 0 bridgehead atoms. The molecule has 1 saturated heterocycles. The number of likely N-dealkylation sites (tertiary alicyclic amines) is 1. The van der Waals surface area contributed by atoms with E-state index < -0.39 is 5.97 Å². The van der Waals surface area contributed by atoms with Gasteiger partial charge in [-0.15, -0.1) is 0 Å². The molecule has 1 N–H and O–H groups in total. The maximum atomic E-state index is 11.1. The number of benzene rings is 2. The number of ether oxygens (including phenoxy) is 2. The third-order valence-corrected chi connectivity index (χ3v) is 8.62. The summed E-state index contributed by atoms with van der Waals surface area (Å²) in [7, 11) is 0. The first-order valence-corrected chi connectivity index (χ1v) is 13.9. The number of halogens is 1. The summed E-state index contributed by atoms with van der Waals surface area (Å²) in [6.07, 6.45) is 12.0. The van der Waals surface area contributed by atoms with E-state index in [9.17, 15) is 4.79 Å². The number of nitrogens with zero attached hydrogens (tertiary/aromatic N) is 2. The van der Waals surface area contributed by atoms with Gasteiger partial charge in [-0.05, 0) is 78.3 Å². The van der Waals surface area contributed by atoms with Crippen LogP contribution in [0.15, 0.2) is 59.6 Å². The second-order valence-corrected chi connectivity index (χ2v) is 11.1. The third-order valence-electron chi connectivity index (χ3n) is 8.38. The van der Waals surface area contributed by atoms with Gasteiger partial charge in [0.2, 0.25) is 0 Å². The molecular weight excluding hydrogens is 500 g/mol. The van der Waals surface area contributed by atoms with Crippen LogP contribution in [0.1, 0.15) is 47.9 Å². The highest BCUT2D eigenvalue weighted by Crippen LogP contribution is 2.45. The molecule has 0 aliphatic carbocycles. The summed E-state index contributed by atoms with van der Waals surface area (Å²) in [6.45, 7) is 4.16. The van der Waals surface area contributed by atoms with Crippen molar-refractivity contribution in [1.29, 1.82) is 0 Å². The van der Waals surface area contributed by atoms with E-state index in [1.165, 1.54) is 16.7 Å². The highest BCUT2D eigenvalue weighted by atomic mass is 35.5. The Hall–Kier alpha value is -2.93. The molecule has 38 heavy (non-hydrogen) atoms. The van der Waals surface area contributed by atoms with E-state index in [1.54, 1.807) is 0 Å². The molecule has 4 aliphatic heterocycles. The fourth-order valence-corrected chi connectivity index (χ4v) is 6.51. The Morgan fingerprint density at radius 2 is 2.08 bits per heavy atom. The molecular formula is C31H33ClN2O4. The van der Waals surface area contributed by atoms with E-state index >= 15 is 0 Å². The quantitative estimate of drug-likeness (QED) is 0.519. The van der Waals surface area contributed by atoms with Gasteiger partial charge in [0.05, 0.1) is 18.2 Å². The Morgan fingerprint density at radius 1 is 1.21 bits per heavy atom. The maximum Gasteiger partial charge on any atom is 0.303 e. The summed E-state index contributed by atoms with van der Waals surface area (Å²) >= 11 is 6.20. The van der Waals surface area contributed by atoms with Crippen LogP contribution >= 0.6 is 11.6 Å². The average molecular weight is 533 g/mol. The number of aliphatic carboxylic acids is 1. The zero-order chi connectivity index (χ0) is 26.1. The second-order valence-electron chi connectivity index (χ2n) is 10.7. The minimum Gasteiger partial charge on any atom is -0.491 e. The number of piperidine rings is 1. The van der Waals surface area contributed by atoms with Gasteiger partial charge >= 0.3 is 5.97 Å². The van der Waals surface area contributed by atoms with Crippen molar-refractivity contribution < 1.29 is 19.4 Å². The molecule has 2 unspecified atom stereocenters. The zero-order valence-corrected chi connectivity index (χ0v) is 22.2. The Balaban J connectivity index is 1.17. The Bertz CT molecular complexity index is 1310. The van der Waals surface area contributed by atoms with Crippen LogP contribution in [0.4, 0.5) is 0 Å². The van der Waals surface area contributed by atoms with E-state index in [-0.39, 0.29) is 24.0 Å². The molecule has 7 heteroatoms. The number of dihydropyridines is 1. The molecule has 4 aliphatic rings. The van der Waals surface area contributed by atoms with Crippen LogP contribution in [0.2, 0.25) is 5.02 Å². The van der Waals surface area contributed by atoms with E-state index in [1.807, 2.05) is 36.6 Å². The third kappa shape index (κ3) is 5.05. The van der Waals surface area contributed by atoms with Crippen LogP contribution < -0.4 is 4.74 Å². The molecule has 198 valence electrons. The van der Waals surface area contributed by atoms with Gasteiger partial charge < -0.3 is 19.5 Å². The van der Waals surface area contributed by atoms with Crippen molar-refractivity contribution in [2.24, 2.45) is 10.9 Å². The summed E-state index contributed by atoms with van der Waals surface area (Å²) in [5.41, 5.74) is 5.68. The van der Waals surface area contributed by atoms with E-state index in [0.29, 0.717) is 19.6 Å². The number of carboxylic acid groups (broad SMARTS) is 1. The van der Waals surface area contributed by atoms with E-state index in [2.05, 4.69) is 29.2 Å². The largest absolute Gasteiger partial charge is 0.491 e. The van der Waals surface area contributed by atoms with Crippen molar-refractivity contribution in [2.75, 3.05) is 26.2 Å². The van der Waals surface area contributed by atoms with E-state index in [0.717, 1.165) is 60.8 Å². The zero-order valence-electron chi connectivity index (χ0n) is 21.4. The van der Waals surface area contributed by atoms with Gasteiger partial charge in [-0.2, -0.15) is 0 Å². The number of rotatable bonds is 6. The Morgan fingerprint density at radius 3 is 2.92 bits per heavy atom. The molecule has 6 rings (SSSR count). The molecule has 1 spiro atoms. The van der Waals surface area contributed by atoms with E-state index in [4.69, 9.17) is 31.2 Å². The molecule has 2 atom stereocenters. The summed E-state index contributed by atoms with van der Waals surface area (Å²) < 4.78 is 12.5. The number of hydrogen-bond donors (Lipinski definition) is 1. The first-order chi connectivity index (χ1) is 18.5. The lowest BCUT2D eigenvalue weighted by molar-refractivity contribution is -0.136. The average Bonchev–Trinajstić information content (AvgIpc) is 3.18. The number of carbonyl (C=O) groups is 1. The molecule has 2 aromatic carbocycles. The summed E-state index contributed by atoms with van der Waals surface area (Å²) in [4.78, 5) is 18.4. The van der Waals surface area contributed by atoms with Crippen molar-refractivity contribution in [3.63, 3.8) is 0 Å². The number of carboxylic acids is 1. The standard InChI is InChI=1S/C31H33ClN2O4/c32-23-7-8-27-22(18-23)19-38-31(27)11-15-34(16-12-31)14-2-4-24-25-3-1-13-33-28(25)20-37-29-9-5-21(17-26(24)29)6-10-30(35)36/h1,3-5,7-9,13,17-18,25,28H,2,6,10-12,14-16,19-20H2,(H,35,36)/b24-4+. The van der Waals surface area contributed by atoms with Crippen LogP contribution in [0.5, 0.6) is 5.75 Å². The van der Waals surface area contributed by atoms with Crippen molar-refractivity contribution in [1.82, 2.24) is 4.90 Å². The number of allylic oxidation sites excluding steroid dienone is 1. The fraction of sp³-hybridized carbons (Fsp3) is 0.419. The van der Waals surface area contributed by atoms with Crippen molar-refractivity contribution in [3.05, 3.63) is 81.9 Å². The van der Waals surface area contributed by atoms with Crippen molar-refractivity contribution in [2.45, 2.75) is 50.4 Å². The summed E-state index contributed by atoms with van der Waals surface area (Å²) in [6, 6.07) is 12.3. The number of aliphatic imine (C=N–C) groups is 1. The topological polar surface area (TPSA) is 71.4 Å². The Kier molecular flexibility index (Phi) is 7.12. The lowest BCUT2D eigenvalue weighted by Crippen LogP contribution is -2.42. The lowest BCUT2D eigenvalue weighted by Gasteiger charge is -2.39. The lowest BCUT2D eigenvalue weighted by atomic mass is 9.83. The van der Waals surface area contributed by atoms with Gasteiger partial charge in [0, 0.05) is 48.8 Å². The normalized spacial score (nSPS) is 24.5. The molecule has 0 amide bonds. The molecule has 2 aromatic rings. The van der Waals surface area contributed by atoms with Crippen LogP contribution in [0.25, 0.3) is 5.57 Å². The highest BCUT2D eigenvalue weighted by Gasteiger charge is 2.42. The van der Waals surface area contributed by atoms with Gasteiger partial charge in [0.25, 0.3) is 0 Å². The SMILES string of the molecule is O=C(O)CCc1ccc2c(c1)/C(=C/CCN1CCC3(CC1)OCc1cc(Cl)ccc13)C1C=CC=NC1CO2. The van der Waals surface area contributed by atoms with Gasteiger partial charge in [-0.3, -0.25) is 9.79 Å². The molecule has 0 aromatic heterocycles. The van der Waals surface area contributed by atoms with Crippen molar-refractivity contribution >= 4 is 29.4 Å². The smallest absolute Gasteiger partial charge is 0.303 e.